The van der Waals surface area contributed by atoms with Gasteiger partial charge in [-0.2, -0.15) is 0 Å². The van der Waals surface area contributed by atoms with Crippen LogP contribution in [-0.2, 0) is 24.9 Å². The van der Waals surface area contributed by atoms with Crippen LogP contribution >= 0.6 is 0 Å². The predicted octanol–water partition coefficient (Wildman–Crippen LogP) is 6.17. The van der Waals surface area contributed by atoms with Crippen LogP contribution < -0.4 is 4.57 Å². The summed E-state index contributed by atoms with van der Waals surface area (Å²) in [6.45, 7) is 15.1. The highest BCUT2D eigenvalue weighted by atomic mass is 16.3. The molecule has 0 bridgehead atoms. The Labute approximate surface area is 206 Å². The van der Waals surface area contributed by atoms with Crippen LogP contribution in [-0.4, -0.2) is 19.5 Å². The Hall–Kier alpha value is -3.54. The van der Waals surface area contributed by atoms with Crippen LogP contribution in [0.4, 0.5) is 0 Å². The van der Waals surface area contributed by atoms with Gasteiger partial charge in [0.25, 0.3) is 5.82 Å². The molecule has 0 spiro atoms. The van der Waals surface area contributed by atoms with E-state index in [0.717, 1.165) is 56.2 Å². The molecule has 6 heteroatoms. The molecule has 0 aliphatic carbocycles. The van der Waals surface area contributed by atoms with Crippen LogP contribution in [0, 0.1) is 6.92 Å². The molecule has 0 atom stereocenters. The zero-order chi connectivity index (χ0) is 25.3. The maximum Gasteiger partial charge on any atom is 0.292 e. The Kier molecular flexibility index (Phi) is 5.13. The first kappa shape index (κ1) is 23.2. The largest absolute Gasteiger partial charge is 0.437 e. The SMILES string of the molecule is Cc1ccc2c(oc3nc(-c4cc(C(C)(C)C)nc(C(C)(C)C)n4)ccc32)c1-c1n(C)cc[n+]1C. The van der Waals surface area contributed by atoms with Gasteiger partial charge in [-0.1, -0.05) is 53.7 Å². The fraction of sp³-hybridized carbons (Fsp3) is 0.379. The second-order valence-corrected chi connectivity index (χ2v) is 11.6. The second kappa shape index (κ2) is 7.74. The summed E-state index contributed by atoms with van der Waals surface area (Å²) in [6.07, 6.45) is 4.11. The van der Waals surface area contributed by atoms with Crippen LogP contribution in [0.3, 0.4) is 0 Å². The predicted molar refractivity (Wildman–Crippen MR) is 140 cm³/mol. The molecule has 0 unspecified atom stereocenters. The van der Waals surface area contributed by atoms with E-state index in [4.69, 9.17) is 19.4 Å². The van der Waals surface area contributed by atoms with Crippen LogP contribution in [0.2, 0.25) is 0 Å². The third-order valence-corrected chi connectivity index (χ3v) is 6.55. The molecule has 180 valence electrons. The summed E-state index contributed by atoms with van der Waals surface area (Å²) >= 11 is 0. The van der Waals surface area contributed by atoms with Crippen molar-refractivity contribution in [3.63, 3.8) is 0 Å². The standard InChI is InChI=1S/C29H34N5O/c1-17-10-11-18-19-12-13-20(21-16-22(28(2,3)4)32-27(31-21)29(5,6)7)30-25(19)35-24(18)23(17)26-33(8)14-15-34(26)9/h10-16H,1-9H3/q+1. The van der Waals surface area contributed by atoms with Gasteiger partial charge in [0.15, 0.2) is 5.58 Å². The Bertz CT molecular complexity index is 1540. The van der Waals surface area contributed by atoms with Gasteiger partial charge in [0, 0.05) is 21.6 Å². The molecule has 4 aromatic heterocycles. The van der Waals surface area contributed by atoms with Crippen molar-refractivity contribution >= 4 is 22.1 Å². The lowest BCUT2D eigenvalue weighted by Crippen LogP contribution is -2.29. The van der Waals surface area contributed by atoms with Gasteiger partial charge in [0.1, 0.15) is 23.8 Å². The van der Waals surface area contributed by atoms with Crippen LogP contribution in [0.25, 0.3) is 44.8 Å². The van der Waals surface area contributed by atoms with Crippen molar-refractivity contribution in [1.29, 1.82) is 0 Å². The minimum absolute atomic E-state index is 0.0990. The molecular weight excluding hydrogens is 434 g/mol. The monoisotopic (exact) mass is 468 g/mol. The number of benzene rings is 1. The van der Waals surface area contributed by atoms with E-state index < -0.39 is 0 Å². The molecule has 0 fully saturated rings. The van der Waals surface area contributed by atoms with Crippen LogP contribution in [0.5, 0.6) is 0 Å². The number of furan rings is 1. The van der Waals surface area contributed by atoms with Gasteiger partial charge in [0.05, 0.1) is 31.2 Å². The van der Waals surface area contributed by atoms with E-state index in [1.165, 1.54) is 0 Å². The normalized spacial score (nSPS) is 12.7. The quantitative estimate of drug-likeness (QED) is 0.291. The molecule has 0 amide bonds. The number of imidazole rings is 1. The van der Waals surface area contributed by atoms with Gasteiger partial charge < -0.3 is 4.42 Å². The molecule has 5 aromatic rings. The lowest BCUT2D eigenvalue weighted by molar-refractivity contribution is -0.659. The number of aromatic nitrogens is 5. The molecule has 0 aliphatic heterocycles. The summed E-state index contributed by atoms with van der Waals surface area (Å²) in [5, 5.41) is 2.07. The van der Waals surface area contributed by atoms with Crippen molar-refractivity contribution in [2.45, 2.75) is 59.3 Å². The Balaban J connectivity index is 1.74. The fourth-order valence-corrected chi connectivity index (χ4v) is 4.48. The number of nitrogens with zero attached hydrogens (tertiary/aromatic N) is 5. The molecule has 0 saturated carbocycles. The first-order chi connectivity index (χ1) is 16.3. The number of hydrogen-bond donors (Lipinski definition) is 0. The van der Waals surface area contributed by atoms with Gasteiger partial charge in [0.2, 0.25) is 5.71 Å². The van der Waals surface area contributed by atoms with Crippen LogP contribution in [0.1, 0.15) is 58.6 Å². The first-order valence-corrected chi connectivity index (χ1v) is 12.1. The summed E-state index contributed by atoms with van der Waals surface area (Å²) < 4.78 is 10.7. The van der Waals surface area contributed by atoms with Crippen molar-refractivity contribution in [1.82, 2.24) is 19.5 Å². The average Bonchev–Trinajstić information content (AvgIpc) is 3.31. The lowest BCUT2D eigenvalue weighted by Gasteiger charge is -2.23. The Morgan fingerprint density at radius 2 is 1.57 bits per heavy atom. The fourth-order valence-electron chi connectivity index (χ4n) is 4.48. The molecule has 35 heavy (non-hydrogen) atoms. The molecule has 6 nitrogen and oxygen atoms in total. The van der Waals surface area contributed by atoms with Crippen molar-refractivity contribution in [3.8, 4) is 22.8 Å². The molecule has 0 N–H and O–H groups in total. The lowest BCUT2D eigenvalue weighted by atomic mass is 9.89. The van der Waals surface area contributed by atoms with E-state index in [9.17, 15) is 0 Å². The van der Waals surface area contributed by atoms with E-state index in [0.29, 0.717) is 5.71 Å². The zero-order valence-corrected chi connectivity index (χ0v) is 22.2. The zero-order valence-electron chi connectivity index (χ0n) is 22.2. The third kappa shape index (κ3) is 3.91. The number of fused-ring (bicyclic) bond motifs is 3. The van der Waals surface area contributed by atoms with Gasteiger partial charge in [-0.05, 0) is 30.7 Å². The highest BCUT2D eigenvalue weighted by Gasteiger charge is 2.26. The third-order valence-electron chi connectivity index (χ3n) is 6.55. The van der Waals surface area contributed by atoms with E-state index in [1.54, 1.807) is 0 Å². The van der Waals surface area contributed by atoms with Crippen molar-refractivity contribution in [2.75, 3.05) is 0 Å². The van der Waals surface area contributed by atoms with E-state index in [1.807, 2.05) is 6.07 Å². The molecule has 0 radical (unpaired) electrons. The van der Waals surface area contributed by atoms with E-state index >= 15 is 0 Å². The summed E-state index contributed by atoms with van der Waals surface area (Å²) in [5.74, 6) is 1.91. The van der Waals surface area contributed by atoms with Crippen molar-refractivity contribution in [3.05, 3.63) is 59.8 Å². The highest BCUT2D eigenvalue weighted by Crippen LogP contribution is 2.37. The molecule has 4 heterocycles. The Morgan fingerprint density at radius 3 is 2.20 bits per heavy atom. The maximum atomic E-state index is 6.47. The van der Waals surface area contributed by atoms with E-state index in [2.05, 4.69) is 108 Å². The Morgan fingerprint density at radius 1 is 0.857 bits per heavy atom. The van der Waals surface area contributed by atoms with Gasteiger partial charge in [-0.25, -0.2) is 24.1 Å². The van der Waals surface area contributed by atoms with Gasteiger partial charge in [-0.3, -0.25) is 0 Å². The van der Waals surface area contributed by atoms with Gasteiger partial charge >= 0.3 is 0 Å². The van der Waals surface area contributed by atoms with Crippen molar-refractivity contribution < 1.29 is 8.98 Å². The molecular formula is C29H34N5O+. The summed E-state index contributed by atoms with van der Waals surface area (Å²) in [7, 11) is 4.11. The molecule has 5 rings (SSSR count). The average molecular weight is 469 g/mol. The van der Waals surface area contributed by atoms with E-state index in [-0.39, 0.29) is 10.8 Å². The number of rotatable bonds is 2. The number of pyridine rings is 1. The minimum atomic E-state index is -0.170. The van der Waals surface area contributed by atoms with Gasteiger partial charge in [-0.15, -0.1) is 0 Å². The first-order valence-electron chi connectivity index (χ1n) is 12.1. The number of hydrogen-bond acceptors (Lipinski definition) is 4. The summed E-state index contributed by atoms with van der Waals surface area (Å²) in [5.41, 5.74) is 6.08. The summed E-state index contributed by atoms with van der Waals surface area (Å²) in [4.78, 5) is 14.8. The molecule has 0 aliphatic rings. The summed E-state index contributed by atoms with van der Waals surface area (Å²) in [6, 6.07) is 10.5. The number of aryl methyl sites for hydroxylation is 3. The molecule has 0 saturated heterocycles. The second-order valence-electron chi connectivity index (χ2n) is 11.6. The van der Waals surface area contributed by atoms with Crippen LogP contribution in [0.15, 0.2) is 47.1 Å². The smallest absolute Gasteiger partial charge is 0.292 e. The van der Waals surface area contributed by atoms with Crippen molar-refractivity contribution in [2.24, 2.45) is 14.1 Å². The minimum Gasteiger partial charge on any atom is -0.437 e. The maximum absolute atomic E-state index is 6.47. The highest BCUT2D eigenvalue weighted by molar-refractivity contribution is 6.08. The topological polar surface area (TPSA) is 60.6 Å². The molecule has 1 aromatic carbocycles.